The molecule has 38 heavy (non-hydrogen) atoms. The molecule has 0 bridgehead atoms. The fourth-order valence-corrected chi connectivity index (χ4v) is 4.62. The number of carboxylic acid groups (broad SMARTS) is 1. The molecule has 0 amide bonds. The lowest BCUT2D eigenvalue weighted by Crippen LogP contribution is -2.37. The largest absolute Gasteiger partial charge is 0.480 e. The van der Waals surface area contributed by atoms with E-state index in [1.165, 1.54) is 5.56 Å². The van der Waals surface area contributed by atoms with Crippen LogP contribution in [0, 0.1) is 0 Å². The molecule has 0 radical (unpaired) electrons. The molecule has 4 rings (SSSR count). The first-order valence-electron chi connectivity index (χ1n) is 13.4. The number of benzene rings is 1. The lowest BCUT2D eigenvalue weighted by molar-refractivity contribution is -0.138. The predicted molar refractivity (Wildman–Crippen MR) is 149 cm³/mol. The highest BCUT2D eigenvalue weighted by Gasteiger charge is 2.20. The Morgan fingerprint density at radius 2 is 1.97 bits per heavy atom. The topological polar surface area (TPSA) is 113 Å². The zero-order chi connectivity index (χ0) is 26.6. The van der Waals surface area contributed by atoms with E-state index in [9.17, 15) is 9.90 Å². The summed E-state index contributed by atoms with van der Waals surface area (Å²) in [5.74, 6) is 1.21. The highest BCUT2D eigenvalue weighted by Crippen LogP contribution is 2.20. The average Bonchev–Trinajstić information content (AvgIpc) is 2.96. The Hall–Kier alpha value is -3.56. The maximum Gasteiger partial charge on any atom is 0.326 e. The van der Waals surface area contributed by atoms with Gasteiger partial charge >= 0.3 is 5.97 Å². The molecule has 1 aromatic carbocycles. The first-order chi connectivity index (χ1) is 18.6. The lowest BCUT2D eigenvalue weighted by atomic mass is 10.1. The Morgan fingerprint density at radius 1 is 1.11 bits per heavy atom. The number of fused-ring (bicyclic) bond motifs is 1. The van der Waals surface area contributed by atoms with Gasteiger partial charge in [0.15, 0.2) is 5.82 Å². The van der Waals surface area contributed by atoms with Crippen molar-refractivity contribution in [3.8, 4) is 11.4 Å². The number of anilines is 2. The van der Waals surface area contributed by atoms with Gasteiger partial charge in [-0.3, -0.25) is 0 Å². The average molecular weight is 519 g/mol. The van der Waals surface area contributed by atoms with Gasteiger partial charge in [0.05, 0.1) is 6.61 Å². The van der Waals surface area contributed by atoms with Crippen molar-refractivity contribution in [1.82, 2.24) is 19.9 Å². The van der Waals surface area contributed by atoms with Gasteiger partial charge in [0, 0.05) is 44.2 Å². The van der Waals surface area contributed by atoms with E-state index >= 15 is 0 Å². The third-order valence-corrected chi connectivity index (χ3v) is 6.76. The molecule has 3 heterocycles. The molecule has 202 valence electrons. The highest BCUT2D eigenvalue weighted by atomic mass is 16.5. The summed E-state index contributed by atoms with van der Waals surface area (Å²) < 4.78 is 5.30. The van der Waals surface area contributed by atoms with Gasteiger partial charge in [-0.15, -0.1) is 0 Å². The molecular formula is C29H38N6O3. The van der Waals surface area contributed by atoms with E-state index in [0.717, 1.165) is 68.8 Å². The number of methoxy groups -OCH3 is 1. The van der Waals surface area contributed by atoms with Crippen molar-refractivity contribution in [1.29, 1.82) is 0 Å². The minimum Gasteiger partial charge on any atom is -0.480 e. The standard InChI is InChI=1S/C29H38N6O3/c1-38-21-20-35(18-6-5-11-24-13-12-23-10-7-16-30-27(23)32-24)19-15-25(29(36)37)33-26-14-17-31-28(34-26)22-8-3-2-4-9-22/h2-4,8-9,12-14,17,25H,5-7,10-11,15-16,18-21H2,1H3,(H,30,32)(H,36,37)(H,31,33,34). The number of rotatable bonds is 15. The Balaban J connectivity index is 1.28. The number of unbranched alkanes of at least 4 members (excludes halogenated alkanes) is 1. The van der Waals surface area contributed by atoms with Crippen LogP contribution in [0.1, 0.15) is 36.9 Å². The zero-order valence-corrected chi connectivity index (χ0v) is 22.1. The van der Waals surface area contributed by atoms with Crippen LogP contribution >= 0.6 is 0 Å². The molecule has 0 aliphatic carbocycles. The summed E-state index contributed by atoms with van der Waals surface area (Å²) in [4.78, 5) is 28.0. The molecule has 9 heteroatoms. The van der Waals surface area contributed by atoms with Gasteiger partial charge in [-0.1, -0.05) is 36.4 Å². The summed E-state index contributed by atoms with van der Waals surface area (Å²) in [5, 5.41) is 16.4. The number of nitrogens with zero attached hydrogens (tertiary/aromatic N) is 4. The van der Waals surface area contributed by atoms with Gasteiger partial charge in [0.1, 0.15) is 17.7 Å². The fraction of sp³-hybridized carbons (Fsp3) is 0.448. The number of carbonyl (C=O) groups is 1. The van der Waals surface area contributed by atoms with Crippen molar-refractivity contribution in [2.75, 3.05) is 50.5 Å². The van der Waals surface area contributed by atoms with Gasteiger partial charge in [0.25, 0.3) is 0 Å². The predicted octanol–water partition coefficient (Wildman–Crippen LogP) is 4.12. The summed E-state index contributed by atoms with van der Waals surface area (Å²) in [7, 11) is 1.69. The molecule has 1 unspecified atom stereocenters. The second kappa shape index (κ2) is 14.4. The molecule has 1 aliphatic rings. The molecule has 3 aromatic rings. The second-order valence-corrected chi connectivity index (χ2v) is 9.59. The van der Waals surface area contributed by atoms with E-state index in [0.29, 0.717) is 31.2 Å². The van der Waals surface area contributed by atoms with E-state index < -0.39 is 12.0 Å². The second-order valence-electron chi connectivity index (χ2n) is 9.59. The molecule has 3 N–H and O–H groups in total. The molecular weight excluding hydrogens is 480 g/mol. The molecule has 9 nitrogen and oxygen atoms in total. The zero-order valence-electron chi connectivity index (χ0n) is 22.1. The number of aliphatic carboxylic acids is 1. The van der Waals surface area contributed by atoms with Gasteiger partial charge in [-0.05, 0) is 62.8 Å². The number of aromatic nitrogens is 3. The van der Waals surface area contributed by atoms with Crippen molar-refractivity contribution in [3.05, 3.63) is 66.0 Å². The Kier molecular flexibility index (Phi) is 10.4. The van der Waals surface area contributed by atoms with Crippen molar-refractivity contribution in [3.63, 3.8) is 0 Å². The first kappa shape index (κ1) is 27.5. The number of hydrogen-bond acceptors (Lipinski definition) is 8. The molecule has 0 spiro atoms. The van der Waals surface area contributed by atoms with Crippen LogP contribution in [0.2, 0.25) is 0 Å². The highest BCUT2D eigenvalue weighted by molar-refractivity contribution is 5.77. The number of hydrogen-bond donors (Lipinski definition) is 3. The van der Waals surface area contributed by atoms with Crippen molar-refractivity contribution in [2.45, 2.75) is 44.6 Å². The molecule has 1 atom stereocenters. The van der Waals surface area contributed by atoms with E-state index in [4.69, 9.17) is 9.72 Å². The smallest absolute Gasteiger partial charge is 0.326 e. The van der Waals surface area contributed by atoms with E-state index in [2.05, 4.69) is 37.6 Å². The monoisotopic (exact) mass is 518 g/mol. The van der Waals surface area contributed by atoms with Crippen molar-refractivity contribution >= 4 is 17.6 Å². The van der Waals surface area contributed by atoms with Crippen LogP contribution < -0.4 is 10.6 Å². The molecule has 1 aliphatic heterocycles. The normalized spacial score (nSPS) is 13.5. The summed E-state index contributed by atoms with van der Waals surface area (Å²) in [6, 6.07) is 14.9. The molecule has 0 saturated carbocycles. The van der Waals surface area contributed by atoms with Crippen LogP contribution in [0.15, 0.2) is 54.7 Å². The maximum absolute atomic E-state index is 12.0. The van der Waals surface area contributed by atoms with Crippen LogP contribution in [0.3, 0.4) is 0 Å². The van der Waals surface area contributed by atoms with E-state index in [1.54, 1.807) is 19.4 Å². The van der Waals surface area contributed by atoms with Gasteiger partial charge in [-0.2, -0.15) is 0 Å². The summed E-state index contributed by atoms with van der Waals surface area (Å²) in [5.41, 5.74) is 3.32. The maximum atomic E-state index is 12.0. The number of ether oxygens (including phenoxy) is 1. The van der Waals surface area contributed by atoms with Gasteiger partial charge in [0.2, 0.25) is 0 Å². The quantitative estimate of drug-likeness (QED) is 0.256. The SMILES string of the molecule is COCCN(CCCCc1ccc2c(n1)NCCC2)CCC(Nc1ccnc(-c2ccccc2)n1)C(=O)O. The molecule has 2 aromatic heterocycles. The first-order valence-corrected chi connectivity index (χ1v) is 13.4. The Bertz CT molecular complexity index is 1160. The number of aryl methyl sites for hydroxylation is 2. The van der Waals surface area contributed by atoms with Crippen LogP contribution in [0.4, 0.5) is 11.6 Å². The van der Waals surface area contributed by atoms with Gasteiger partial charge in [-0.25, -0.2) is 19.7 Å². The molecule has 0 fully saturated rings. The summed E-state index contributed by atoms with van der Waals surface area (Å²) in [6.45, 7) is 3.89. The Morgan fingerprint density at radius 3 is 2.79 bits per heavy atom. The van der Waals surface area contributed by atoms with Crippen LogP contribution in [0.25, 0.3) is 11.4 Å². The summed E-state index contributed by atoms with van der Waals surface area (Å²) in [6.07, 6.45) is 7.33. The van der Waals surface area contributed by atoms with Gasteiger partial charge < -0.3 is 25.4 Å². The number of pyridine rings is 1. The third kappa shape index (κ3) is 8.22. The fourth-order valence-electron chi connectivity index (χ4n) is 4.62. The minimum absolute atomic E-state index is 0.446. The molecule has 0 saturated heterocycles. The van der Waals surface area contributed by atoms with E-state index in [-0.39, 0.29) is 0 Å². The minimum atomic E-state index is -0.899. The van der Waals surface area contributed by atoms with Crippen molar-refractivity contribution in [2.24, 2.45) is 0 Å². The Labute approximate surface area is 224 Å². The number of nitrogens with one attached hydrogen (secondary N) is 2. The number of carboxylic acids is 1. The third-order valence-electron chi connectivity index (χ3n) is 6.76. The van der Waals surface area contributed by atoms with Crippen LogP contribution in [-0.4, -0.2) is 76.9 Å². The summed E-state index contributed by atoms with van der Waals surface area (Å²) >= 11 is 0. The lowest BCUT2D eigenvalue weighted by Gasteiger charge is -2.24. The van der Waals surface area contributed by atoms with Crippen LogP contribution in [-0.2, 0) is 22.4 Å². The van der Waals surface area contributed by atoms with E-state index in [1.807, 2.05) is 30.3 Å². The van der Waals surface area contributed by atoms with Crippen LogP contribution in [0.5, 0.6) is 0 Å². The van der Waals surface area contributed by atoms with Crippen molar-refractivity contribution < 1.29 is 14.6 Å².